The maximum Gasteiger partial charge on any atom is 0.0612 e. The van der Waals surface area contributed by atoms with Gasteiger partial charge in [0, 0.05) is 19.6 Å². The Morgan fingerprint density at radius 2 is 2.27 bits per heavy atom. The van der Waals surface area contributed by atoms with Gasteiger partial charge in [0.2, 0.25) is 0 Å². The van der Waals surface area contributed by atoms with Gasteiger partial charge in [-0.3, -0.25) is 0 Å². The summed E-state index contributed by atoms with van der Waals surface area (Å²) in [6.07, 6.45) is 2.61. The lowest BCUT2D eigenvalue weighted by molar-refractivity contribution is 0.106. The van der Waals surface area contributed by atoms with Crippen molar-refractivity contribution >= 4 is 0 Å². The van der Waals surface area contributed by atoms with Crippen molar-refractivity contribution in [3.8, 4) is 0 Å². The minimum atomic E-state index is -0.199. The number of benzene rings is 1. The quantitative estimate of drug-likeness (QED) is 0.748. The molecule has 0 saturated carbocycles. The van der Waals surface area contributed by atoms with Gasteiger partial charge in [0.05, 0.1) is 6.10 Å². The Bertz CT molecular complexity index is 322. The van der Waals surface area contributed by atoms with Crippen LogP contribution in [0, 0.1) is 0 Å². The van der Waals surface area contributed by atoms with Gasteiger partial charge in [-0.25, -0.2) is 0 Å². The molecule has 0 bridgehead atoms. The van der Waals surface area contributed by atoms with Gasteiger partial charge in [-0.1, -0.05) is 24.3 Å². The molecule has 1 N–H and O–H groups in total. The van der Waals surface area contributed by atoms with Crippen LogP contribution in [-0.2, 0) is 11.2 Å². The molecule has 2 nitrogen and oxygen atoms in total. The van der Waals surface area contributed by atoms with Crippen LogP contribution in [0.2, 0.25) is 0 Å². The molecule has 0 heterocycles. The Hall–Kier alpha value is -0.860. The van der Waals surface area contributed by atoms with Crippen LogP contribution in [0.1, 0.15) is 29.9 Å². The standard InChI is InChI=1S/C13H18O2/c1-15-8-4-7-13(14)12-9-10-5-2-3-6-11(10)12/h2-3,5-6,12-14H,4,7-9H2,1H3. The number of methoxy groups -OCH3 is 1. The van der Waals surface area contributed by atoms with Crippen molar-refractivity contribution < 1.29 is 9.84 Å². The summed E-state index contributed by atoms with van der Waals surface area (Å²) in [5.74, 6) is 0.359. The third-order valence-electron chi connectivity index (χ3n) is 3.21. The van der Waals surface area contributed by atoms with Gasteiger partial charge in [0.15, 0.2) is 0 Å². The van der Waals surface area contributed by atoms with E-state index in [4.69, 9.17) is 4.74 Å². The van der Waals surface area contributed by atoms with Gasteiger partial charge < -0.3 is 9.84 Å². The number of ether oxygens (including phenoxy) is 1. The highest BCUT2D eigenvalue weighted by Gasteiger charge is 2.30. The molecule has 0 fully saturated rings. The molecular formula is C13H18O2. The van der Waals surface area contributed by atoms with Crippen LogP contribution in [-0.4, -0.2) is 24.9 Å². The van der Waals surface area contributed by atoms with Crippen LogP contribution in [0.25, 0.3) is 0 Å². The van der Waals surface area contributed by atoms with Gasteiger partial charge in [-0.05, 0) is 30.4 Å². The summed E-state index contributed by atoms with van der Waals surface area (Å²) in [7, 11) is 1.70. The van der Waals surface area contributed by atoms with E-state index in [9.17, 15) is 5.11 Å². The minimum absolute atomic E-state index is 0.199. The molecular weight excluding hydrogens is 188 g/mol. The Kier molecular flexibility index (Phi) is 3.39. The first-order valence-electron chi connectivity index (χ1n) is 5.57. The van der Waals surface area contributed by atoms with Crippen LogP contribution in [0.4, 0.5) is 0 Å². The zero-order chi connectivity index (χ0) is 10.7. The second kappa shape index (κ2) is 4.77. The largest absolute Gasteiger partial charge is 0.392 e. The molecule has 0 spiro atoms. The highest BCUT2D eigenvalue weighted by Crippen LogP contribution is 2.38. The lowest BCUT2D eigenvalue weighted by Crippen LogP contribution is -2.29. The molecule has 0 radical (unpaired) electrons. The second-order valence-corrected chi connectivity index (χ2v) is 4.21. The summed E-state index contributed by atoms with van der Waals surface area (Å²) < 4.78 is 4.98. The van der Waals surface area contributed by atoms with Crippen molar-refractivity contribution in [1.29, 1.82) is 0 Å². The number of fused-ring (bicyclic) bond motifs is 1. The molecule has 2 heteroatoms. The Labute approximate surface area is 90.9 Å². The van der Waals surface area contributed by atoms with Crippen LogP contribution < -0.4 is 0 Å². The fourth-order valence-corrected chi connectivity index (χ4v) is 2.28. The fraction of sp³-hybridized carbons (Fsp3) is 0.538. The molecule has 0 amide bonds. The minimum Gasteiger partial charge on any atom is -0.392 e. The lowest BCUT2D eigenvalue weighted by Gasteiger charge is -2.33. The summed E-state index contributed by atoms with van der Waals surface area (Å²) in [4.78, 5) is 0. The van der Waals surface area contributed by atoms with Crippen LogP contribution in [0.15, 0.2) is 24.3 Å². The molecule has 0 saturated heterocycles. The molecule has 1 aliphatic carbocycles. The summed E-state index contributed by atoms with van der Waals surface area (Å²) in [5.41, 5.74) is 2.73. The van der Waals surface area contributed by atoms with Crippen molar-refractivity contribution in [2.24, 2.45) is 0 Å². The number of hydrogen-bond acceptors (Lipinski definition) is 2. The number of hydrogen-bond donors (Lipinski definition) is 1. The van der Waals surface area contributed by atoms with Crippen molar-refractivity contribution in [3.63, 3.8) is 0 Å². The Morgan fingerprint density at radius 3 is 3.00 bits per heavy atom. The molecule has 2 unspecified atom stereocenters. The van der Waals surface area contributed by atoms with Crippen molar-refractivity contribution in [1.82, 2.24) is 0 Å². The average molecular weight is 206 g/mol. The van der Waals surface area contributed by atoms with E-state index >= 15 is 0 Å². The molecule has 0 aromatic heterocycles. The lowest BCUT2D eigenvalue weighted by atomic mass is 9.73. The topological polar surface area (TPSA) is 29.5 Å². The number of rotatable bonds is 5. The van der Waals surface area contributed by atoms with Crippen LogP contribution >= 0.6 is 0 Å². The maximum absolute atomic E-state index is 9.99. The van der Waals surface area contributed by atoms with E-state index in [0.29, 0.717) is 5.92 Å². The van der Waals surface area contributed by atoms with Crippen molar-refractivity contribution in [3.05, 3.63) is 35.4 Å². The SMILES string of the molecule is COCCCC(O)C1Cc2ccccc21. The van der Waals surface area contributed by atoms with E-state index in [0.717, 1.165) is 25.9 Å². The van der Waals surface area contributed by atoms with Gasteiger partial charge in [-0.15, -0.1) is 0 Å². The monoisotopic (exact) mass is 206 g/mol. The highest BCUT2D eigenvalue weighted by atomic mass is 16.5. The van der Waals surface area contributed by atoms with Gasteiger partial charge in [0.1, 0.15) is 0 Å². The van der Waals surface area contributed by atoms with E-state index < -0.39 is 0 Å². The van der Waals surface area contributed by atoms with Gasteiger partial charge >= 0.3 is 0 Å². The predicted octanol–water partition coefficient (Wildman–Crippen LogP) is 2.11. The normalized spacial score (nSPS) is 20.5. The van der Waals surface area contributed by atoms with Gasteiger partial charge in [0.25, 0.3) is 0 Å². The zero-order valence-corrected chi connectivity index (χ0v) is 9.15. The highest BCUT2D eigenvalue weighted by molar-refractivity contribution is 5.40. The maximum atomic E-state index is 9.99. The molecule has 2 rings (SSSR count). The molecule has 2 atom stereocenters. The summed E-state index contributed by atoms with van der Waals surface area (Å²) in [6, 6.07) is 8.38. The molecule has 1 aromatic carbocycles. The fourth-order valence-electron chi connectivity index (χ4n) is 2.28. The summed E-state index contributed by atoms with van der Waals surface area (Å²) >= 11 is 0. The average Bonchev–Trinajstić information content (AvgIpc) is 2.20. The zero-order valence-electron chi connectivity index (χ0n) is 9.15. The van der Waals surface area contributed by atoms with Crippen molar-refractivity contribution in [2.45, 2.75) is 31.3 Å². The van der Waals surface area contributed by atoms with E-state index in [-0.39, 0.29) is 6.10 Å². The summed E-state index contributed by atoms with van der Waals surface area (Å²) in [6.45, 7) is 0.741. The van der Waals surface area contributed by atoms with Crippen LogP contribution in [0.3, 0.4) is 0 Å². The van der Waals surface area contributed by atoms with Crippen LogP contribution in [0.5, 0.6) is 0 Å². The van der Waals surface area contributed by atoms with E-state index in [1.807, 2.05) is 6.07 Å². The molecule has 15 heavy (non-hydrogen) atoms. The molecule has 82 valence electrons. The number of aliphatic hydroxyl groups is 1. The van der Waals surface area contributed by atoms with Crippen molar-refractivity contribution in [2.75, 3.05) is 13.7 Å². The Morgan fingerprint density at radius 1 is 1.47 bits per heavy atom. The first-order chi connectivity index (χ1) is 7.33. The van der Waals surface area contributed by atoms with E-state index in [1.165, 1.54) is 11.1 Å². The Balaban J connectivity index is 1.87. The first kappa shape index (κ1) is 10.7. The second-order valence-electron chi connectivity index (χ2n) is 4.21. The third kappa shape index (κ3) is 2.21. The summed E-state index contributed by atoms with van der Waals surface area (Å²) in [5, 5.41) is 9.99. The van der Waals surface area contributed by atoms with Gasteiger partial charge in [-0.2, -0.15) is 0 Å². The molecule has 1 aliphatic rings. The molecule has 0 aliphatic heterocycles. The molecule has 1 aromatic rings. The van der Waals surface area contributed by atoms with E-state index in [1.54, 1.807) is 7.11 Å². The first-order valence-corrected chi connectivity index (χ1v) is 5.57. The van der Waals surface area contributed by atoms with E-state index in [2.05, 4.69) is 18.2 Å². The smallest absolute Gasteiger partial charge is 0.0612 e. The predicted molar refractivity (Wildman–Crippen MR) is 60.0 cm³/mol. The number of aliphatic hydroxyl groups excluding tert-OH is 1. The third-order valence-corrected chi connectivity index (χ3v) is 3.21.